The Hall–Kier alpha value is -1.98. The van der Waals surface area contributed by atoms with Crippen LogP contribution in [0.2, 0.25) is 0 Å². The number of benzene rings is 1. The molecule has 4 nitrogen and oxygen atoms in total. The predicted octanol–water partition coefficient (Wildman–Crippen LogP) is 3.09. The van der Waals surface area contributed by atoms with Crippen molar-refractivity contribution in [3.63, 3.8) is 0 Å². The summed E-state index contributed by atoms with van der Waals surface area (Å²) >= 11 is 1.67. The number of aromatic nitrogens is 2. The van der Waals surface area contributed by atoms with Gasteiger partial charge in [0.15, 0.2) is 0 Å². The van der Waals surface area contributed by atoms with E-state index in [1.165, 1.54) is 5.39 Å². The van der Waals surface area contributed by atoms with E-state index in [9.17, 15) is 0 Å². The number of hydrogen-bond acceptors (Lipinski definition) is 5. The lowest BCUT2D eigenvalue weighted by Gasteiger charge is -2.20. The molecule has 108 valence electrons. The molecule has 0 radical (unpaired) electrons. The topological polar surface area (TPSA) is 55.0 Å². The Kier molecular flexibility index (Phi) is 3.86. The molecule has 1 aromatic carbocycles. The largest absolute Gasteiger partial charge is 0.353 e. The summed E-state index contributed by atoms with van der Waals surface area (Å²) in [6.45, 7) is 3.22. The lowest BCUT2D eigenvalue weighted by Crippen LogP contribution is -2.19. The van der Waals surface area contributed by atoms with Gasteiger partial charge in [-0.1, -0.05) is 24.3 Å². The quantitative estimate of drug-likeness (QED) is 0.804. The lowest BCUT2D eigenvalue weighted by molar-refractivity contribution is 0.863. The minimum absolute atomic E-state index is 0.446. The Balaban J connectivity index is 2.01. The number of fused-ring (bicyclic) bond motifs is 1. The van der Waals surface area contributed by atoms with Crippen molar-refractivity contribution in [2.24, 2.45) is 5.73 Å². The molecule has 0 spiro atoms. The first-order valence-electron chi connectivity index (χ1n) is 6.88. The van der Waals surface area contributed by atoms with E-state index in [0.29, 0.717) is 6.54 Å². The highest BCUT2D eigenvalue weighted by molar-refractivity contribution is 7.09. The van der Waals surface area contributed by atoms with Gasteiger partial charge < -0.3 is 10.6 Å². The lowest BCUT2D eigenvalue weighted by atomic mass is 10.1. The number of aryl methyl sites for hydroxylation is 1. The van der Waals surface area contributed by atoms with Crippen molar-refractivity contribution >= 4 is 27.9 Å². The third-order valence-electron chi connectivity index (χ3n) is 3.41. The van der Waals surface area contributed by atoms with E-state index < -0.39 is 0 Å². The summed E-state index contributed by atoms with van der Waals surface area (Å²) in [5.74, 6) is 0.958. The number of pyridine rings is 1. The molecule has 21 heavy (non-hydrogen) atoms. The minimum Gasteiger partial charge on any atom is -0.353 e. The fraction of sp³-hybridized carbons (Fsp3) is 0.250. The van der Waals surface area contributed by atoms with Crippen LogP contribution in [0.1, 0.15) is 16.4 Å². The second kappa shape index (κ2) is 5.79. The van der Waals surface area contributed by atoms with E-state index in [0.717, 1.165) is 34.1 Å². The van der Waals surface area contributed by atoms with Crippen LogP contribution >= 0.6 is 11.3 Å². The first-order chi connectivity index (χ1) is 10.2. The number of nitrogens with two attached hydrogens (primary N) is 1. The van der Waals surface area contributed by atoms with Gasteiger partial charge in [0.1, 0.15) is 5.82 Å². The number of anilines is 1. The summed E-state index contributed by atoms with van der Waals surface area (Å²) in [4.78, 5) is 11.4. The molecule has 0 saturated carbocycles. The summed E-state index contributed by atoms with van der Waals surface area (Å²) in [5.41, 5.74) is 7.75. The van der Waals surface area contributed by atoms with Gasteiger partial charge in [-0.25, -0.2) is 9.97 Å². The molecule has 2 aromatic heterocycles. The third kappa shape index (κ3) is 2.89. The van der Waals surface area contributed by atoms with Crippen LogP contribution in [-0.4, -0.2) is 17.0 Å². The minimum atomic E-state index is 0.446. The molecular formula is C16H18N4S. The van der Waals surface area contributed by atoms with Gasteiger partial charge in [-0.2, -0.15) is 0 Å². The van der Waals surface area contributed by atoms with Crippen LogP contribution in [0.3, 0.4) is 0 Å². The third-order valence-corrected chi connectivity index (χ3v) is 4.23. The molecule has 5 heteroatoms. The van der Waals surface area contributed by atoms with Crippen molar-refractivity contribution in [1.29, 1.82) is 0 Å². The second-order valence-corrected chi connectivity index (χ2v) is 6.14. The van der Waals surface area contributed by atoms with Crippen molar-refractivity contribution in [1.82, 2.24) is 9.97 Å². The Morgan fingerprint density at radius 1 is 1.19 bits per heavy atom. The van der Waals surface area contributed by atoms with Crippen LogP contribution in [-0.2, 0) is 13.1 Å². The molecule has 0 unspecified atom stereocenters. The maximum absolute atomic E-state index is 5.77. The van der Waals surface area contributed by atoms with Gasteiger partial charge in [-0.15, -0.1) is 11.3 Å². The fourth-order valence-corrected chi connectivity index (χ4v) is 3.03. The van der Waals surface area contributed by atoms with Crippen LogP contribution in [0.4, 0.5) is 5.82 Å². The molecule has 0 aliphatic carbocycles. The molecule has 0 bridgehead atoms. The Morgan fingerprint density at radius 3 is 2.71 bits per heavy atom. The van der Waals surface area contributed by atoms with Gasteiger partial charge in [-0.05, 0) is 18.4 Å². The molecule has 3 rings (SSSR count). The van der Waals surface area contributed by atoms with Crippen molar-refractivity contribution in [3.05, 3.63) is 52.1 Å². The van der Waals surface area contributed by atoms with Gasteiger partial charge in [-0.3, -0.25) is 0 Å². The summed E-state index contributed by atoms with van der Waals surface area (Å²) in [7, 11) is 2.05. The van der Waals surface area contributed by atoms with Crippen LogP contribution < -0.4 is 10.6 Å². The zero-order valence-electron chi connectivity index (χ0n) is 12.2. The molecule has 0 fully saturated rings. The molecular weight excluding hydrogens is 280 g/mol. The van der Waals surface area contributed by atoms with Crippen molar-refractivity contribution in [3.8, 4) is 0 Å². The van der Waals surface area contributed by atoms with Gasteiger partial charge in [0.2, 0.25) is 0 Å². The van der Waals surface area contributed by atoms with E-state index in [4.69, 9.17) is 10.7 Å². The summed E-state index contributed by atoms with van der Waals surface area (Å²) in [6, 6.07) is 10.3. The predicted molar refractivity (Wildman–Crippen MR) is 88.6 cm³/mol. The second-order valence-electron chi connectivity index (χ2n) is 5.08. The molecule has 0 amide bonds. The van der Waals surface area contributed by atoms with Gasteiger partial charge in [0.05, 0.1) is 22.9 Å². The molecule has 2 N–H and O–H groups in total. The standard InChI is InChI=1S/C16H18N4S/c1-11-18-14(10-21-11)9-20(2)16-15-6-4-3-5-12(15)7-13(8-17)19-16/h3-7,10H,8-9,17H2,1-2H3. The van der Waals surface area contributed by atoms with Gasteiger partial charge in [0.25, 0.3) is 0 Å². The van der Waals surface area contributed by atoms with E-state index in [1.807, 2.05) is 26.1 Å². The monoisotopic (exact) mass is 298 g/mol. The smallest absolute Gasteiger partial charge is 0.136 e. The van der Waals surface area contributed by atoms with Crippen LogP contribution in [0.15, 0.2) is 35.7 Å². The Morgan fingerprint density at radius 2 is 2.00 bits per heavy atom. The maximum Gasteiger partial charge on any atom is 0.136 e. The normalized spacial score (nSPS) is 11.0. The zero-order valence-corrected chi connectivity index (χ0v) is 13.0. The van der Waals surface area contributed by atoms with Gasteiger partial charge >= 0.3 is 0 Å². The molecule has 0 aliphatic heterocycles. The molecule has 0 atom stereocenters. The zero-order chi connectivity index (χ0) is 14.8. The number of rotatable bonds is 4. The highest BCUT2D eigenvalue weighted by atomic mass is 32.1. The molecule has 0 saturated heterocycles. The summed E-state index contributed by atoms with van der Waals surface area (Å²) in [5, 5.41) is 5.50. The fourth-order valence-electron chi connectivity index (χ4n) is 2.43. The molecule has 2 heterocycles. The van der Waals surface area contributed by atoms with Crippen molar-refractivity contribution in [2.75, 3.05) is 11.9 Å². The Bertz CT molecular complexity index is 766. The highest BCUT2D eigenvalue weighted by Crippen LogP contribution is 2.26. The molecule has 0 aliphatic rings. The van der Waals surface area contributed by atoms with Gasteiger partial charge in [0, 0.05) is 24.4 Å². The van der Waals surface area contributed by atoms with Crippen molar-refractivity contribution < 1.29 is 0 Å². The highest BCUT2D eigenvalue weighted by Gasteiger charge is 2.11. The van der Waals surface area contributed by atoms with Crippen LogP contribution in [0.5, 0.6) is 0 Å². The van der Waals surface area contributed by atoms with E-state index in [-0.39, 0.29) is 0 Å². The molecule has 3 aromatic rings. The van der Waals surface area contributed by atoms with Crippen LogP contribution in [0.25, 0.3) is 10.8 Å². The summed E-state index contributed by atoms with van der Waals surface area (Å²) in [6.07, 6.45) is 0. The number of hydrogen-bond donors (Lipinski definition) is 1. The first kappa shape index (κ1) is 14.0. The van der Waals surface area contributed by atoms with E-state index >= 15 is 0 Å². The average Bonchev–Trinajstić information content (AvgIpc) is 2.91. The van der Waals surface area contributed by atoms with Crippen LogP contribution in [0, 0.1) is 6.92 Å². The Labute approximate surface area is 128 Å². The first-order valence-corrected chi connectivity index (χ1v) is 7.76. The SMILES string of the molecule is Cc1nc(CN(C)c2nc(CN)cc3ccccc23)cs1. The average molecular weight is 298 g/mol. The number of nitrogens with zero attached hydrogens (tertiary/aromatic N) is 3. The van der Waals surface area contributed by atoms with E-state index in [1.54, 1.807) is 11.3 Å². The summed E-state index contributed by atoms with van der Waals surface area (Å²) < 4.78 is 0. The maximum atomic E-state index is 5.77. The van der Waals surface area contributed by atoms with Crippen molar-refractivity contribution in [2.45, 2.75) is 20.0 Å². The number of thiazole rings is 1. The van der Waals surface area contributed by atoms with E-state index in [2.05, 4.69) is 33.5 Å².